The van der Waals surface area contributed by atoms with Crippen molar-refractivity contribution in [1.29, 1.82) is 0 Å². The molecule has 4 aromatic carbocycles. The van der Waals surface area contributed by atoms with Gasteiger partial charge in [-0.3, -0.25) is 13.9 Å². The fourth-order valence-corrected chi connectivity index (χ4v) is 6.91. The van der Waals surface area contributed by atoms with Crippen LogP contribution in [0.5, 0.6) is 11.5 Å². The third-order valence-electron chi connectivity index (χ3n) is 7.65. The number of nitrogens with one attached hydrogen (secondary N) is 1. The molecule has 4 rings (SSSR count). The first-order valence-corrected chi connectivity index (χ1v) is 17.7. The summed E-state index contributed by atoms with van der Waals surface area (Å²) >= 11 is 12.6. The molecular formula is C37H41Cl2N3O6S. The first-order chi connectivity index (χ1) is 23.1. The predicted molar refractivity (Wildman–Crippen MR) is 194 cm³/mol. The standard InChI is InChI=1S/C37H41Cl2N3O6S/c1-25-12-16-29(17-13-25)49(45,46)42(28-15-19-33(47-5)34(22-28)48-6)24-35(43)41(23-27-14-18-30(38)31(39)20-27)32(36(44)40-37(2,3)4)21-26-10-8-7-9-11-26/h7-20,22,32H,21,23-24H2,1-6H3,(H,40,44)/t32-/m1/s1. The van der Waals surface area contributed by atoms with Crippen LogP contribution in [0.1, 0.15) is 37.5 Å². The van der Waals surface area contributed by atoms with E-state index in [1.165, 1.54) is 43.4 Å². The molecule has 0 saturated heterocycles. The number of aryl methyl sites for hydroxylation is 1. The lowest BCUT2D eigenvalue weighted by Crippen LogP contribution is -2.56. The molecular weight excluding hydrogens is 685 g/mol. The number of methoxy groups -OCH3 is 2. The number of amides is 2. The number of carbonyl (C=O) groups excluding carboxylic acids is 2. The number of sulfonamides is 1. The zero-order valence-electron chi connectivity index (χ0n) is 28.4. The number of benzene rings is 4. The number of carbonyl (C=O) groups is 2. The van der Waals surface area contributed by atoms with Crippen molar-refractivity contribution >= 4 is 50.7 Å². The van der Waals surface area contributed by atoms with Crippen molar-refractivity contribution < 1.29 is 27.5 Å². The van der Waals surface area contributed by atoms with Crippen LogP contribution in [0.15, 0.2) is 95.9 Å². The van der Waals surface area contributed by atoms with E-state index in [4.69, 9.17) is 32.7 Å². The first-order valence-electron chi connectivity index (χ1n) is 15.5. The van der Waals surface area contributed by atoms with Crippen LogP contribution in [0.25, 0.3) is 0 Å². The lowest BCUT2D eigenvalue weighted by molar-refractivity contribution is -0.140. The van der Waals surface area contributed by atoms with Gasteiger partial charge in [-0.1, -0.05) is 77.3 Å². The molecule has 9 nitrogen and oxygen atoms in total. The highest BCUT2D eigenvalue weighted by Gasteiger charge is 2.36. The summed E-state index contributed by atoms with van der Waals surface area (Å²) in [5.74, 6) is -0.366. The highest BCUT2D eigenvalue weighted by molar-refractivity contribution is 7.92. The van der Waals surface area contributed by atoms with Gasteiger partial charge in [0.05, 0.1) is 34.8 Å². The minimum Gasteiger partial charge on any atom is -0.493 e. The van der Waals surface area contributed by atoms with Crippen molar-refractivity contribution in [2.45, 2.75) is 57.1 Å². The molecule has 0 aromatic heterocycles. The third-order valence-corrected chi connectivity index (χ3v) is 10.2. The highest BCUT2D eigenvalue weighted by atomic mass is 35.5. The van der Waals surface area contributed by atoms with E-state index in [9.17, 15) is 18.0 Å². The SMILES string of the molecule is COc1ccc(N(CC(=O)N(Cc2ccc(Cl)c(Cl)c2)[C@H](Cc2ccccc2)C(=O)NC(C)(C)C)S(=O)(=O)c2ccc(C)cc2)cc1OC. The van der Waals surface area contributed by atoms with Gasteiger partial charge in [-0.15, -0.1) is 0 Å². The van der Waals surface area contributed by atoms with Crippen molar-refractivity contribution in [1.82, 2.24) is 10.2 Å². The summed E-state index contributed by atoms with van der Waals surface area (Å²) in [5, 5.41) is 3.62. The van der Waals surface area contributed by atoms with Crippen molar-refractivity contribution in [2.75, 3.05) is 25.1 Å². The van der Waals surface area contributed by atoms with Gasteiger partial charge in [-0.05, 0) is 75.2 Å². The molecule has 0 aliphatic rings. The van der Waals surface area contributed by atoms with Gasteiger partial charge in [0, 0.05) is 24.6 Å². The molecule has 0 bridgehead atoms. The topological polar surface area (TPSA) is 105 Å². The molecule has 49 heavy (non-hydrogen) atoms. The van der Waals surface area contributed by atoms with Crippen molar-refractivity contribution in [3.05, 3.63) is 118 Å². The Bertz CT molecular complexity index is 1880. The molecule has 0 fully saturated rings. The number of rotatable bonds is 13. The van der Waals surface area contributed by atoms with Crippen LogP contribution < -0.4 is 19.1 Å². The zero-order valence-corrected chi connectivity index (χ0v) is 30.7. The van der Waals surface area contributed by atoms with Gasteiger partial charge in [0.2, 0.25) is 11.8 Å². The Morgan fingerprint density at radius 3 is 2.06 bits per heavy atom. The molecule has 1 atom stereocenters. The maximum Gasteiger partial charge on any atom is 0.264 e. The Kier molecular flexibility index (Phi) is 12.2. The number of hydrogen-bond acceptors (Lipinski definition) is 6. The maximum absolute atomic E-state index is 14.7. The van der Waals surface area contributed by atoms with E-state index in [0.29, 0.717) is 16.3 Å². The molecule has 12 heteroatoms. The normalized spacial score (nSPS) is 12.2. The average molecular weight is 727 g/mol. The van der Waals surface area contributed by atoms with Crippen LogP contribution >= 0.6 is 23.2 Å². The van der Waals surface area contributed by atoms with Crippen LogP contribution in [0.3, 0.4) is 0 Å². The van der Waals surface area contributed by atoms with Crippen LogP contribution in [0.2, 0.25) is 10.0 Å². The molecule has 0 saturated carbocycles. The summed E-state index contributed by atoms with van der Waals surface area (Å²) in [5.41, 5.74) is 1.83. The van der Waals surface area contributed by atoms with Crippen molar-refractivity contribution in [3.63, 3.8) is 0 Å². The van der Waals surface area contributed by atoms with Crippen molar-refractivity contribution in [3.8, 4) is 11.5 Å². The maximum atomic E-state index is 14.7. The van der Waals surface area contributed by atoms with E-state index in [2.05, 4.69) is 5.32 Å². The Balaban J connectivity index is 1.87. The van der Waals surface area contributed by atoms with E-state index < -0.39 is 40.0 Å². The van der Waals surface area contributed by atoms with Gasteiger partial charge in [0.25, 0.3) is 10.0 Å². The summed E-state index contributed by atoms with van der Waals surface area (Å²) in [6, 6.07) is 24.2. The van der Waals surface area contributed by atoms with Gasteiger partial charge in [0.1, 0.15) is 12.6 Å². The number of anilines is 1. The quantitative estimate of drug-likeness (QED) is 0.158. The second-order valence-corrected chi connectivity index (χ2v) is 15.3. The second kappa shape index (κ2) is 16.0. The van der Waals surface area contributed by atoms with Crippen LogP contribution in [0, 0.1) is 6.92 Å². The summed E-state index contributed by atoms with van der Waals surface area (Å²) in [4.78, 5) is 30.2. The monoisotopic (exact) mass is 725 g/mol. The second-order valence-electron chi connectivity index (χ2n) is 12.6. The van der Waals surface area contributed by atoms with E-state index in [1.807, 2.05) is 58.0 Å². The number of nitrogens with zero attached hydrogens (tertiary/aromatic N) is 2. The summed E-state index contributed by atoms with van der Waals surface area (Å²) in [6.45, 7) is 6.70. The zero-order chi connectivity index (χ0) is 35.9. The number of hydrogen-bond donors (Lipinski definition) is 1. The molecule has 0 heterocycles. The largest absolute Gasteiger partial charge is 0.493 e. The average Bonchev–Trinajstić information content (AvgIpc) is 3.06. The lowest BCUT2D eigenvalue weighted by atomic mass is 10.0. The van der Waals surface area contributed by atoms with Gasteiger partial charge in [-0.2, -0.15) is 0 Å². The molecule has 0 spiro atoms. The molecule has 0 aliphatic heterocycles. The van der Waals surface area contributed by atoms with E-state index in [1.54, 1.807) is 36.4 Å². The van der Waals surface area contributed by atoms with Gasteiger partial charge >= 0.3 is 0 Å². The molecule has 4 aromatic rings. The Hall–Kier alpha value is -4.25. The summed E-state index contributed by atoms with van der Waals surface area (Å²) < 4.78 is 40.6. The Morgan fingerprint density at radius 2 is 1.47 bits per heavy atom. The smallest absolute Gasteiger partial charge is 0.264 e. The number of halogens is 2. The molecule has 260 valence electrons. The summed E-state index contributed by atoms with van der Waals surface area (Å²) in [7, 11) is -1.40. The Morgan fingerprint density at radius 1 is 0.816 bits per heavy atom. The Labute approximate surface area is 298 Å². The fraction of sp³-hybridized carbons (Fsp3) is 0.297. The molecule has 0 radical (unpaired) electrons. The van der Waals surface area contributed by atoms with E-state index in [-0.39, 0.29) is 34.3 Å². The van der Waals surface area contributed by atoms with Crippen molar-refractivity contribution in [2.24, 2.45) is 0 Å². The third kappa shape index (κ3) is 9.68. The van der Waals surface area contributed by atoms with Gasteiger partial charge in [-0.25, -0.2) is 8.42 Å². The van der Waals surface area contributed by atoms with Gasteiger partial charge in [0.15, 0.2) is 11.5 Å². The number of ether oxygens (including phenoxy) is 2. The van der Waals surface area contributed by atoms with Crippen LogP contribution in [0.4, 0.5) is 5.69 Å². The first kappa shape index (κ1) is 37.6. The van der Waals surface area contributed by atoms with Gasteiger partial charge < -0.3 is 19.7 Å². The highest BCUT2D eigenvalue weighted by Crippen LogP contribution is 2.34. The molecule has 2 amide bonds. The van der Waals surface area contributed by atoms with E-state index in [0.717, 1.165) is 15.4 Å². The van der Waals surface area contributed by atoms with Crippen LogP contribution in [-0.2, 0) is 32.6 Å². The lowest BCUT2D eigenvalue weighted by Gasteiger charge is -2.35. The van der Waals surface area contributed by atoms with E-state index >= 15 is 0 Å². The molecule has 0 unspecified atom stereocenters. The van der Waals surface area contributed by atoms with Crippen LogP contribution in [-0.4, -0.2) is 57.5 Å². The minimum absolute atomic E-state index is 0.0111. The molecule has 1 N–H and O–H groups in total. The minimum atomic E-state index is -4.31. The predicted octanol–water partition coefficient (Wildman–Crippen LogP) is 7.07. The summed E-state index contributed by atoms with van der Waals surface area (Å²) in [6.07, 6.45) is 0.164. The fourth-order valence-electron chi connectivity index (χ4n) is 5.19. The molecule has 0 aliphatic carbocycles.